The lowest BCUT2D eigenvalue weighted by Crippen LogP contribution is -2.18. The van der Waals surface area contributed by atoms with E-state index in [1.807, 2.05) is 37.1 Å². The van der Waals surface area contributed by atoms with Crippen molar-refractivity contribution >= 4 is 15.9 Å². The van der Waals surface area contributed by atoms with E-state index in [2.05, 4.69) is 38.5 Å². The first-order valence-corrected chi connectivity index (χ1v) is 7.42. The van der Waals surface area contributed by atoms with Crippen molar-refractivity contribution in [1.82, 2.24) is 15.1 Å². The number of aromatic nitrogens is 2. The Bertz CT molecular complexity index is 568. The third-order valence-corrected chi connectivity index (χ3v) is 4.26. The Balaban J connectivity index is 2.13. The Labute approximate surface area is 128 Å². The standard InChI is InChI=1S/C15H20BrN3O/c1-17-15(7-4-11-8-9-18-19(11)2)13-10-12(20-3)5-6-14(13)16/h5-6,8-10,15,17H,4,7H2,1-3H3. The van der Waals surface area contributed by atoms with Crippen LogP contribution in [0.2, 0.25) is 0 Å². The van der Waals surface area contributed by atoms with Crippen LogP contribution in [0.4, 0.5) is 0 Å². The van der Waals surface area contributed by atoms with E-state index in [1.54, 1.807) is 7.11 Å². The van der Waals surface area contributed by atoms with Gasteiger partial charge in [-0.25, -0.2) is 0 Å². The SMILES string of the molecule is CNC(CCc1ccnn1C)c1cc(OC)ccc1Br. The molecule has 1 heterocycles. The molecular formula is C15H20BrN3O. The summed E-state index contributed by atoms with van der Waals surface area (Å²) in [5.74, 6) is 0.879. The van der Waals surface area contributed by atoms with Crippen LogP contribution in [0.25, 0.3) is 0 Å². The van der Waals surface area contributed by atoms with Gasteiger partial charge in [-0.05, 0) is 49.7 Å². The van der Waals surface area contributed by atoms with Gasteiger partial charge in [0.1, 0.15) is 5.75 Å². The van der Waals surface area contributed by atoms with Gasteiger partial charge < -0.3 is 10.1 Å². The molecule has 0 spiro atoms. The average Bonchev–Trinajstić information content (AvgIpc) is 2.87. The molecule has 0 fully saturated rings. The van der Waals surface area contributed by atoms with Crippen molar-refractivity contribution in [3.63, 3.8) is 0 Å². The second kappa shape index (κ2) is 6.90. The summed E-state index contributed by atoms with van der Waals surface area (Å²) < 4.78 is 8.33. The lowest BCUT2D eigenvalue weighted by molar-refractivity contribution is 0.412. The zero-order valence-electron chi connectivity index (χ0n) is 12.1. The van der Waals surface area contributed by atoms with Gasteiger partial charge in [0.05, 0.1) is 7.11 Å². The summed E-state index contributed by atoms with van der Waals surface area (Å²) in [6.07, 6.45) is 3.82. The van der Waals surface area contributed by atoms with Gasteiger partial charge in [-0.2, -0.15) is 5.10 Å². The molecule has 5 heteroatoms. The third-order valence-electron chi connectivity index (χ3n) is 3.54. The van der Waals surface area contributed by atoms with Crippen LogP contribution in [0.1, 0.15) is 23.7 Å². The molecule has 108 valence electrons. The first-order chi connectivity index (χ1) is 9.65. The topological polar surface area (TPSA) is 39.1 Å². The summed E-state index contributed by atoms with van der Waals surface area (Å²) in [5, 5.41) is 7.58. The first kappa shape index (κ1) is 15.1. The molecule has 2 aromatic rings. The number of ether oxygens (including phenoxy) is 1. The van der Waals surface area contributed by atoms with Gasteiger partial charge >= 0.3 is 0 Å². The molecule has 4 nitrogen and oxygen atoms in total. The highest BCUT2D eigenvalue weighted by molar-refractivity contribution is 9.10. The Hall–Kier alpha value is -1.33. The summed E-state index contributed by atoms with van der Waals surface area (Å²) in [7, 11) is 5.65. The van der Waals surface area contributed by atoms with Gasteiger partial charge in [-0.15, -0.1) is 0 Å². The minimum atomic E-state index is 0.273. The van der Waals surface area contributed by atoms with Crippen LogP contribution in [-0.2, 0) is 13.5 Å². The molecule has 0 radical (unpaired) electrons. The van der Waals surface area contributed by atoms with Crippen LogP contribution < -0.4 is 10.1 Å². The van der Waals surface area contributed by atoms with Crippen molar-refractivity contribution in [2.24, 2.45) is 7.05 Å². The molecule has 0 aliphatic rings. The van der Waals surface area contributed by atoms with Gasteiger partial charge in [-0.3, -0.25) is 4.68 Å². The van der Waals surface area contributed by atoms with E-state index in [-0.39, 0.29) is 6.04 Å². The van der Waals surface area contributed by atoms with Crippen molar-refractivity contribution in [2.45, 2.75) is 18.9 Å². The van der Waals surface area contributed by atoms with Gasteiger partial charge in [0.25, 0.3) is 0 Å². The highest BCUT2D eigenvalue weighted by Gasteiger charge is 2.14. The van der Waals surface area contributed by atoms with Crippen molar-refractivity contribution in [2.75, 3.05) is 14.2 Å². The minimum absolute atomic E-state index is 0.273. The molecule has 0 saturated carbocycles. The Morgan fingerprint density at radius 3 is 2.80 bits per heavy atom. The van der Waals surface area contributed by atoms with Crippen molar-refractivity contribution in [3.05, 3.63) is 46.2 Å². The normalized spacial score (nSPS) is 12.4. The monoisotopic (exact) mass is 337 g/mol. The molecule has 1 atom stereocenters. The molecule has 20 heavy (non-hydrogen) atoms. The number of aryl methyl sites for hydroxylation is 2. The molecule has 1 aromatic carbocycles. The summed E-state index contributed by atoms with van der Waals surface area (Å²) in [6, 6.07) is 8.40. The maximum Gasteiger partial charge on any atom is 0.119 e. The van der Waals surface area contributed by atoms with E-state index in [0.29, 0.717) is 0 Å². The lowest BCUT2D eigenvalue weighted by Gasteiger charge is -2.19. The van der Waals surface area contributed by atoms with Gasteiger partial charge in [-0.1, -0.05) is 15.9 Å². The maximum absolute atomic E-state index is 5.31. The molecule has 1 unspecified atom stereocenters. The van der Waals surface area contributed by atoms with E-state index < -0.39 is 0 Å². The van der Waals surface area contributed by atoms with Crippen molar-refractivity contribution in [3.8, 4) is 5.75 Å². The van der Waals surface area contributed by atoms with Crippen LogP contribution in [-0.4, -0.2) is 23.9 Å². The van der Waals surface area contributed by atoms with Crippen LogP contribution in [0.5, 0.6) is 5.75 Å². The second-order valence-electron chi connectivity index (χ2n) is 4.71. The number of benzene rings is 1. The zero-order valence-corrected chi connectivity index (χ0v) is 13.6. The predicted octanol–water partition coefficient (Wildman–Crippen LogP) is 3.08. The molecule has 0 amide bonds. The number of halogens is 1. The molecule has 0 aliphatic carbocycles. The Morgan fingerprint density at radius 1 is 1.40 bits per heavy atom. The zero-order chi connectivity index (χ0) is 14.5. The molecule has 0 bridgehead atoms. The van der Waals surface area contributed by atoms with Gasteiger partial charge in [0.15, 0.2) is 0 Å². The number of hydrogen-bond acceptors (Lipinski definition) is 3. The molecule has 0 saturated heterocycles. The molecule has 1 N–H and O–H groups in total. The number of nitrogens with one attached hydrogen (secondary N) is 1. The molecule has 2 rings (SSSR count). The van der Waals surface area contributed by atoms with E-state index in [4.69, 9.17) is 4.74 Å². The predicted molar refractivity (Wildman–Crippen MR) is 84.0 cm³/mol. The second-order valence-corrected chi connectivity index (χ2v) is 5.57. The fraction of sp³-hybridized carbons (Fsp3) is 0.400. The van der Waals surface area contributed by atoms with Crippen LogP contribution in [0.3, 0.4) is 0 Å². The van der Waals surface area contributed by atoms with E-state index >= 15 is 0 Å². The average molecular weight is 338 g/mol. The number of nitrogens with zero attached hydrogens (tertiary/aromatic N) is 2. The van der Waals surface area contributed by atoms with Gasteiger partial charge in [0, 0.05) is 29.5 Å². The fourth-order valence-electron chi connectivity index (χ4n) is 2.31. The Kier molecular flexibility index (Phi) is 5.20. The fourth-order valence-corrected chi connectivity index (χ4v) is 2.83. The van der Waals surface area contributed by atoms with Crippen molar-refractivity contribution < 1.29 is 4.74 Å². The lowest BCUT2D eigenvalue weighted by atomic mass is 10.0. The third kappa shape index (κ3) is 3.41. The number of rotatable bonds is 6. The van der Waals surface area contributed by atoms with E-state index in [1.165, 1.54) is 11.3 Å². The summed E-state index contributed by atoms with van der Waals surface area (Å²) in [4.78, 5) is 0. The summed E-state index contributed by atoms with van der Waals surface area (Å²) >= 11 is 3.62. The Morgan fingerprint density at radius 2 is 2.20 bits per heavy atom. The minimum Gasteiger partial charge on any atom is -0.497 e. The summed E-state index contributed by atoms with van der Waals surface area (Å²) in [6.45, 7) is 0. The summed E-state index contributed by atoms with van der Waals surface area (Å²) in [5.41, 5.74) is 2.46. The highest BCUT2D eigenvalue weighted by atomic mass is 79.9. The van der Waals surface area contributed by atoms with E-state index in [9.17, 15) is 0 Å². The molecule has 0 aliphatic heterocycles. The largest absolute Gasteiger partial charge is 0.497 e. The van der Waals surface area contributed by atoms with Crippen molar-refractivity contribution in [1.29, 1.82) is 0 Å². The molecular weight excluding hydrogens is 318 g/mol. The number of methoxy groups -OCH3 is 1. The number of hydrogen-bond donors (Lipinski definition) is 1. The first-order valence-electron chi connectivity index (χ1n) is 6.63. The van der Waals surface area contributed by atoms with E-state index in [0.717, 1.165) is 23.1 Å². The van der Waals surface area contributed by atoms with Gasteiger partial charge in [0.2, 0.25) is 0 Å². The molecule has 1 aromatic heterocycles. The smallest absolute Gasteiger partial charge is 0.119 e. The quantitative estimate of drug-likeness (QED) is 0.880. The van der Waals surface area contributed by atoms with Crippen LogP contribution in [0.15, 0.2) is 34.9 Å². The highest BCUT2D eigenvalue weighted by Crippen LogP contribution is 2.30. The van der Waals surface area contributed by atoms with Crippen LogP contribution >= 0.6 is 15.9 Å². The maximum atomic E-state index is 5.31. The van der Waals surface area contributed by atoms with Crippen LogP contribution in [0, 0.1) is 0 Å².